The van der Waals surface area contributed by atoms with Gasteiger partial charge in [-0.2, -0.15) is 0 Å². The Kier molecular flexibility index (Phi) is 8.26. The van der Waals surface area contributed by atoms with E-state index in [4.69, 9.17) is 13.9 Å². The maximum Gasteiger partial charge on any atom is 0.408 e. The van der Waals surface area contributed by atoms with E-state index in [1.165, 1.54) is 7.11 Å². The highest BCUT2D eigenvalue weighted by Gasteiger charge is 2.50. The molecule has 1 N–H and O–H groups in total. The highest BCUT2D eigenvalue weighted by molar-refractivity contribution is 6.99. The number of ether oxygens (including phenoxy) is 2. The molecule has 0 aliphatic carbocycles. The van der Waals surface area contributed by atoms with E-state index in [1.807, 2.05) is 36.4 Å². The fourth-order valence-electron chi connectivity index (χ4n) is 3.73. The second-order valence-electron chi connectivity index (χ2n) is 9.70. The zero-order chi connectivity index (χ0) is 24.0. The molecule has 0 aliphatic heterocycles. The fraction of sp³-hybridized carbons (Fsp3) is 0.440. The quantitative estimate of drug-likeness (QED) is 0.508. The molecule has 32 heavy (non-hydrogen) atoms. The Bertz CT molecular complexity index is 849. The number of nitrogens with one attached hydrogen (secondary N) is 1. The number of methoxy groups -OCH3 is 1. The normalized spacial score (nSPS) is 13.2. The number of esters is 1. The zero-order valence-corrected chi connectivity index (χ0v) is 21.1. The van der Waals surface area contributed by atoms with Crippen LogP contribution in [-0.2, 0) is 18.7 Å². The van der Waals surface area contributed by atoms with Crippen LogP contribution in [0.25, 0.3) is 0 Å². The molecule has 0 saturated carbocycles. The first kappa shape index (κ1) is 25.6. The van der Waals surface area contributed by atoms with Crippen molar-refractivity contribution in [3.8, 4) is 0 Å². The Morgan fingerprint density at radius 3 is 1.72 bits per heavy atom. The van der Waals surface area contributed by atoms with Gasteiger partial charge in [-0.25, -0.2) is 9.59 Å². The molecule has 0 aromatic heterocycles. The SMILES string of the molecule is COC(=O)C(CO[Si](c1ccccc1)(c1ccccc1)C(C)(C)C)NC(=O)OC(C)(C)C. The van der Waals surface area contributed by atoms with E-state index in [2.05, 4.69) is 50.4 Å². The lowest BCUT2D eigenvalue weighted by atomic mass is 10.2. The summed E-state index contributed by atoms with van der Waals surface area (Å²) in [6, 6.07) is 19.2. The third-order valence-electron chi connectivity index (χ3n) is 5.06. The maximum atomic E-state index is 12.5. The lowest BCUT2D eigenvalue weighted by molar-refractivity contribution is -0.144. The van der Waals surface area contributed by atoms with Crippen LogP contribution in [-0.4, -0.2) is 45.7 Å². The smallest absolute Gasteiger partial charge is 0.408 e. The van der Waals surface area contributed by atoms with Gasteiger partial charge in [-0.1, -0.05) is 81.4 Å². The molecule has 1 atom stereocenters. The molecule has 2 rings (SSSR count). The predicted molar refractivity (Wildman–Crippen MR) is 129 cm³/mol. The van der Waals surface area contributed by atoms with Gasteiger partial charge in [0.2, 0.25) is 0 Å². The minimum Gasteiger partial charge on any atom is -0.467 e. The van der Waals surface area contributed by atoms with Gasteiger partial charge in [0.25, 0.3) is 8.32 Å². The minimum absolute atomic E-state index is 0.0425. The van der Waals surface area contributed by atoms with Gasteiger partial charge < -0.3 is 19.2 Å². The van der Waals surface area contributed by atoms with Crippen LogP contribution >= 0.6 is 0 Å². The Morgan fingerprint density at radius 1 is 0.875 bits per heavy atom. The van der Waals surface area contributed by atoms with Gasteiger partial charge >= 0.3 is 12.1 Å². The first-order valence-electron chi connectivity index (χ1n) is 10.7. The van der Waals surface area contributed by atoms with E-state index in [0.717, 1.165) is 10.4 Å². The van der Waals surface area contributed by atoms with Crippen LogP contribution in [0, 0.1) is 0 Å². The van der Waals surface area contributed by atoms with Crippen LogP contribution in [0.1, 0.15) is 41.5 Å². The van der Waals surface area contributed by atoms with Crippen molar-refractivity contribution in [1.82, 2.24) is 5.32 Å². The van der Waals surface area contributed by atoms with Crippen LogP contribution in [0.5, 0.6) is 0 Å². The van der Waals surface area contributed by atoms with Crippen molar-refractivity contribution in [1.29, 1.82) is 0 Å². The Labute approximate surface area is 192 Å². The summed E-state index contributed by atoms with van der Waals surface area (Å²) >= 11 is 0. The topological polar surface area (TPSA) is 73.9 Å². The number of carbonyl (C=O) groups excluding carboxylic acids is 2. The van der Waals surface area contributed by atoms with Gasteiger partial charge in [-0.05, 0) is 36.2 Å². The molecule has 0 aliphatic rings. The molecule has 0 spiro atoms. The summed E-state index contributed by atoms with van der Waals surface area (Å²) in [5.41, 5.74) is -0.691. The van der Waals surface area contributed by atoms with Crippen LogP contribution in [0.3, 0.4) is 0 Å². The molecule has 0 radical (unpaired) electrons. The van der Waals surface area contributed by atoms with Crippen molar-refractivity contribution in [3.63, 3.8) is 0 Å². The average Bonchev–Trinajstić information content (AvgIpc) is 2.72. The summed E-state index contributed by atoms with van der Waals surface area (Å²) in [5.74, 6) is -0.589. The van der Waals surface area contributed by atoms with Crippen LogP contribution in [0.15, 0.2) is 60.7 Å². The van der Waals surface area contributed by atoms with Crippen LogP contribution in [0.4, 0.5) is 4.79 Å². The number of amides is 1. The molecule has 1 unspecified atom stereocenters. The molecule has 2 aromatic rings. The Hall–Kier alpha value is -2.64. The molecule has 6 nitrogen and oxygen atoms in total. The largest absolute Gasteiger partial charge is 0.467 e. The number of carbonyl (C=O) groups is 2. The number of benzene rings is 2. The predicted octanol–water partition coefficient (Wildman–Crippen LogP) is 3.63. The lowest BCUT2D eigenvalue weighted by Gasteiger charge is -2.43. The molecular formula is C25H35NO5Si. The molecule has 0 bridgehead atoms. The third-order valence-corrected chi connectivity index (χ3v) is 10.1. The molecular weight excluding hydrogens is 422 g/mol. The average molecular weight is 458 g/mol. The summed E-state index contributed by atoms with van der Waals surface area (Å²) in [6.07, 6.45) is -0.695. The maximum absolute atomic E-state index is 12.5. The number of rotatable bonds is 7. The van der Waals surface area contributed by atoms with Crippen LogP contribution in [0.2, 0.25) is 5.04 Å². The summed E-state index contributed by atoms with van der Waals surface area (Å²) < 4.78 is 17.0. The van der Waals surface area contributed by atoms with Crippen molar-refractivity contribution < 1.29 is 23.5 Å². The zero-order valence-electron chi connectivity index (χ0n) is 20.1. The minimum atomic E-state index is -2.87. The fourth-order valence-corrected chi connectivity index (χ4v) is 8.30. The highest BCUT2D eigenvalue weighted by Crippen LogP contribution is 2.36. The second-order valence-corrected chi connectivity index (χ2v) is 14.0. The highest BCUT2D eigenvalue weighted by atomic mass is 28.4. The first-order valence-corrected chi connectivity index (χ1v) is 12.6. The molecule has 0 saturated heterocycles. The van der Waals surface area contributed by atoms with Gasteiger partial charge in [0.05, 0.1) is 13.7 Å². The van der Waals surface area contributed by atoms with E-state index in [1.54, 1.807) is 20.8 Å². The molecule has 7 heteroatoms. The summed E-state index contributed by atoms with van der Waals surface area (Å²) in [5, 5.41) is 4.52. The Morgan fingerprint density at radius 2 is 1.34 bits per heavy atom. The van der Waals surface area contributed by atoms with E-state index in [9.17, 15) is 9.59 Å². The summed E-state index contributed by atoms with van der Waals surface area (Å²) in [4.78, 5) is 24.9. The number of hydrogen-bond acceptors (Lipinski definition) is 5. The van der Waals surface area contributed by atoms with Crippen molar-refractivity contribution >= 4 is 30.8 Å². The molecule has 174 valence electrons. The lowest BCUT2D eigenvalue weighted by Crippen LogP contribution is -2.67. The van der Waals surface area contributed by atoms with Crippen molar-refractivity contribution in [2.24, 2.45) is 0 Å². The third kappa shape index (κ3) is 6.20. The van der Waals surface area contributed by atoms with E-state index < -0.39 is 32.0 Å². The van der Waals surface area contributed by atoms with Crippen molar-refractivity contribution in [3.05, 3.63) is 60.7 Å². The van der Waals surface area contributed by atoms with E-state index in [0.29, 0.717) is 0 Å². The van der Waals surface area contributed by atoms with Gasteiger partial charge in [-0.3, -0.25) is 0 Å². The first-order chi connectivity index (χ1) is 14.9. The van der Waals surface area contributed by atoms with Crippen molar-refractivity contribution in [2.45, 2.75) is 58.2 Å². The van der Waals surface area contributed by atoms with Gasteiger partial charge in [0.15, 0.2) is 6.04 Å². The van der Waals surface area contributed by atoms with Gasteiger partial charge in [0, 0.05) is 0 Å². The number of hydrogen-bond donors (Lipinski definition) is 1. The van der Waals surface area contributed by atoms with Gasteiger partial charge in [-0.15, -0.1) is 0 Å². The molecule has 0 heterocycles. The summed E-state index contributed by atoms with van der Waals surface area (Å²) in [7, 11) is -1.58. The Balaban J connectivity index is 2.46. The van der Waals surface area contributed by atoms with E-state index in [-0.39, 0.29) is 11.6 Å². The van der Waals surface area contributed by atoms with Crippen molar-refractivity contribution in [2.75, 3.05) is 13.7 Å². The molecule has 2 aromatic carbocycles. The summed E-state index contributed by atoms with van der Waals surface area (Å²) in [6.45, 7) is 11.7. The second kappa shape index (κ2) is 10.3. The standard InChI is InChI=1S/C25H35NO5Si/c1-24(2,3)31-23(28)26-21(22(27)29-7)18-30-32(25(4,5)6,19-14-10-8-11-15-19)20-16-12-9-13-17-20/h8-17,21H,18H2,1-7H3,(H,26,28). The van der Waals surface area contributed by atoms with E-state index >= 15 is 0 Å². The molecule has 1 amide bonds. The number of alkyl carbamates (subject to hydrolysis) is 1. The van der Waals surface area contributed by atoms with Crippen LogP contribution < -0.4 is 15.7 Å². The monoisotopic (exact) mass is 457 g/mol. The van der Waals surface area contributed by atoms with Gasteiger partial charge in [0.1, 0.15) is 5.60 Å². The molecule has 0 fully saturated rings.